The quantitative estimate of drug-likeness (QED) is 0.698. The molecular weight excluding hydrogens is 206 g/mol. The zero-order valence-electron chi connectivity index (χ0n) is 5.79. The van der Waals surface area contributed by atoms with Crippen LogP contribution in [0, 0.1) is 6.57 Å². The van der Waals surface area contributed by atoms with E-state index in [-0.39, 0.29) is 0 Å². The summed E-state index contributed by atoms with van der Waals surface area (Å²) < 4.78 is 0.865. The molecule has 4 heteroatoms. The van der Waals surface area contributed by atoms with Crippen molar-refractivity contribution in [2.75, 3.05) is 6.54 Å². The highest BCUT2D eigenvalue weighted by Crippen LogP contribution is 2.04. The van der Waals surface area contributed by atoms with E-state index in [1.807, 2.05) is 0 Å². The van der Waals surface area contributed by atoms with Crippen LogP contribution < -0.4 is 0 Å². The van der Waals surface area contributed by atoms with Crippen molar-refractivity contribution in [1.29, 1.82) is 0 Å². The molecule has 1 heterocycles. The first-order chi connectivity index (χ1) is 5.33. The highest BCUT2D eigenvalue weighted by molar-refractivity contribution is 9.10. The highest BCUT2D eigenvalue weighted by atomic mass is 79.9. The summed E-state index contributed by atoms with van der Waals surface area (Å²) in [6, 6.07) is 0. The molecule has 11 heavy (non-hydrogen) atoms. The number of halogens is 1. The molecule has 0 unspecified atom stereocenters. The van der Waals surface area contributed by atoms with Gasteiger partial charge < -0.3 is 4.85 Å². The molecule has 56 valence electrons. The van der Waals surface area contributed by atoms with Gasteiger partial charge in [-0.1, -0.05) is 0 Å². The van der Waals surface area contributed by atoms with Crippen molar-refractivity contribution in [3.8, 4) is 0 Å². The van der Waals surface area contributed by atoms with E-state index in [0.29, 0.717) is 13.0 Å². The zero-order valence-corrected chi connectivity index (χ0v) is 7.37. The predicted molar refractivity (Wildman–Crippen MR) is 44.9 cm³/mol. The molecule has 0 fully saturated rings. The monoisotopic (exact) mass is 211 g/mol. The molecule has 1 aromatic heterocycles. The number of rotatable bonds is 2. The molecule has 0 amide bonds. The zero-order chi connectivity index (χ0) is 8.10. The van der Waals surface area contributed by atoms with Crippen LogP contribution in [0.25, 0.3) is 4.85 Å². The van der Waals surface area contributed by atoms with Crippen LogP contribution in [0.15, 0.2) is 16.9 Å². The summed E-state index contributed by atoms with van der Waals surface area (Å²) in [4.78, 5) is 11.2. The number of hydrogen-bond donors (Lipinski definition) is 0. The molecule has 0 aromatic carbocycles. The van der Waals surface area contributed by atoms with Crippen LogP contribution in [0.5, 0.6) is 0 Å². The fourth-order valence-corrected chi connectivity index (χ4v) is 0.829. The van der Waals surface area contributed by atoms with Gasteiger partial charge in [-0.15, -0.1) is 0 Å². The van der Waals surface area contributed by atoms with Crippen molar-refractivity contribution >= 4 is 15.9 Å². The van der Waals surface area contributed by atoms with Gasteiger partial charge in [0.05, 0.1) is 10.9 Å². The largest absolute Gasteiger partial charge is 0.316 e. The molecule has 0 spiro atoms. The minimum atomic E-state index is 0.460. The van der Waals surface area contributed by atoms with E-state index in [1.54, 1.807) is 12.4 Å². The Labute approximate surface area is 73.4 Å². The minimum Gasteiger partial charge on any atom is -0.316 e. The molecule has 3 nitrogen and oxygen atoms in total. The van der Waals surface area contributed by atoms with E-state index in [0.717, 1.165) is 10.3 Å². The lowest BCUT2D eigenvalue weighted by Crippen LogP contribution is -1.95. The fourth-order valence-electron chi connectivity index (χ4n) is 0.624. The first-order valence-electron chi connectivity index (χ1n) is 3.12. The summed E-state index contributed by atoms with van der Waals surface area (Å²) in [5.41, 5.74) is 0. The standard InChI is InChI=1S/C7H6BrN3/c1-9-3-2-7-10-4-6(8)5-11-7/h4-5H,2-3H2. The Hall–Kier alpha value is -0.950. The van der Waals surface area contributed by atoms with Crippen LogP contribution >= 0.6 is 15.9 Å². The van der Waals surface area contributed by atoms with Crippen molar-refractivity contribution in [1.82, 2.24) is 9.97 Å². The summed E-state index contributed by atoms with van der Waals surface area (Å²) in [5.74, 6) is 0.726. The number of hydrogen-bond acceptors (Lipinski definition) is 2. The molecule has 0 aliphatic rings. The minimum absolute atomic E-state index is 0.460. The van der Waals surface area contributed by atoms with Gasteiger partial charge in [-0.25, -0.2) is 16.5 Å². The fraction of sp³-hybridized carbons (Fsp3) is 0.286. The van der Waals surface area contributed by atoms with Gasteiger partial charge in [0.1, 0.15) is 5.82 Å². The molecule has 0 bridgehead atoms. The normalized spacial score (nSPS) is 9.09. The number of nitrogens with zero attached hydrogens (tertiary/aromatic N) is 3. The third-order valence-corrected chi connectivity index (χ3v) is 1.53. The van der Waals surface area contributed by atoms with Crippen molar-refractivity contribution in [3.63, 3.8) is 0 Å². The summed E-state index contributed by atoms with van der Waals surface area (Å²) in [6.07, 6.45) is 4.01. The van der Waals surface area contributed by atoms with Gasteiger partial charge >= 0.3 is 0 Å². The Morgan fingerprint density at radius 1 is 1.45 bits per heavy atom. The third kappa shape index (κ3) is 2.64. The molecule has 1 rings (SSSR count). The second-order valence-electron chi connectivity index (χ2n) is 1.95. The Morgan fingerprint density at radius 2 is 2.09 bits per heavy atom. The molecule has 0 aliphatic carbocycles. The van der Waals surface area contributed by atoms with Crippen LogP contribution in [0.4, 0.5) is 0 Å². The van der Waals surface area contributed by atoms with Gasteiger partial charge in [0, 0.05) is 12.4 Å². The van der Waals surface area contributed by atoms with Crippen molar-refractivity contribution in [3.05, 3.63) is 34.1 Å². The Kier molecular flexibility index (Phi) is 2.99. The molecule has 0 saturated carbocycles. The SMILES string of the molecule is [C-]#[N+]CCc1ncc(Br)cn1. The van der Waals surface area contributed by atoms with Gasteiger partial charge in [-0.05, 0) is 15.9 Å². The van der Waals surface area contributed by atoms with Gasteiger partial charge in [0.2, 0.25) is 6.54 Å². The van der Waals surface area contributed by atoms with E-state index in [1.165, 1.54) is 0 Å². The van der Waals surface area contributed by atoms with Gasteiger partial charge in [0.25, 0.3) is 0 Å². The average molecular weight is 212 g/mol. The predicted octanol–water partition coefficient (Wildman–Crippen LogP) is 1.70. The Morgan fingerprint density at radius 3 is 2.64 bits per heavy atom. The Balaban J connectivity index is 2.60. The average Bonchev–Trinajstić information content (AvgIpc) is 2.04. The Bertz CT molecular complexity index is 262. The van der Waals surface area contributed by atoms with E-state index in [2.05, 4.69) is 30.7 Å². The topological polar surface area (TPSA) is 30.1 Å². The maximum Gasteiger partial charge on any atom is 0.221 e. The van der Waals surface area contributed by atoms with E-state index in [9.17, 15) is 0 Å². The molecule has 0 radical (unpaired) electrons. The van der Waals surface area contributed by atoms with Crippen LogP contribution in [0.3, 0.4) is 0 Å². The molecule has 0 atom stereocenters. The molecule has 0 aliphatic heterocycles. The van der Waals surface area contributed by atoms with Gasteiger partial charge in [-0.2, -0.15) is 0 Å². The maximum atomic E-state index is 6.55. The van der Waals surface area contributed by atoms with Gasteiger partial charge in [-0.3, -0.25) is 0 Å². The summed E-state index contributed by atoms with van der Waals surface area (Å²) in [7, 11) is 0. The van der Waals surface area contributed by atoms with Crippen molar-refractivity contribution in [2.24, 2.45) is 0 Å². The highest BCUT2D eigenvalue weighted by Gasteiger charge is 1.96. The van der Waals surface area contributed by atoms with Gasteiger partial charge in [0.15, 0.2) is 0 Å². The van der Waals surface area contributed by atoms with E-state index >= 15 is 0 Å². The third-order valence-electron chi connectivity index (χ3n) is 1.12. The second-order valence-corrected chi connectivity index (χ2v) is 2.86. The first kappa shape index (κ1) is 8.15. The lowest BCUT2D eigenvalue weighted by molar-refractivity contribution is 0.912. The van der Waals surface area contributed by atoms with Crippen LogP contribution in [-0.4, -0.2) is 16.5 Å². The van der Waals surface area contributed by atoms with E-state index in [4.69, 9.17) is 6.57 Å². The first-order valence-corrected chi connectivity index (χ1v) is 3.92. The maximum absolute atomic E-state index is 6.55. The molecule has 0 N–H and O–H groups in total. The van der Waals surface area contributed by atoms with Crippen molar-refractivity contribution < 1.29 is 0 Å². The smallest absolute Gasteiger partial charge is 0.221 e. The lowest BCUT2D eigenvalue weighted by Gasteiger charge is -1.92. The number of aromatic nitrogens is 2. The van der Waals surface area contributed by atoms with Crippen LogP contribution in [0.1, 0.15) is 5.82 Å². The van der Waals surface area contributed by atoms with Crippen LogP contribution in [0.2, 0.25) is 0 Å². The lowest BCUT2D eigenvalue weighted by atomic mass is 10.4. The molecular formula is C7H6BrN3. The molecule has 0 saturated heterocycles. The summed E-state index contributed by atoms with van der Waals surface area (Å²) in [5, 5.41) is 0. The summed E-state index contributed by atoms with van der Waals surface area (Å²) in [6.45, 7) is 7.01. The van der Waals surface area contributed by atoms with Crippen LogP contribution in [-0.2, 0) is 6.42 Å². The summed E-state index contributed by atoms with van der Waals surface area (Å²) >= 11 is 3.23. The van der Waals surface area contributed by atoms with E-state index < -0.39 is 0 Å². The second kappa shape index (κ2) is 4.04. The molecule has 1 aromatic rings. The van der Waals surface area contributed by atoms with Crippen molar-refractivity contribution in [2.45, 2.75) is 6.42 Å².